The van der Waals surface area contributed by atoms with Crippen LogP contribution in [0.1, 0.15) is 16.7 Å². The zero-order valence-corrected chi connectivity index (χ0v) is 12.3. The Labute approximate surface area is 123 Å². The van der Waals surface area contributed by atoms with Crippen LogP contribution >= 0.6 is 23.8 Å². The van der Waals surface area contributed by atoms with Crippen molar-refractivity contribution in [2.75, 3.05) is 0 Å². The number of thiocarbonyl (C=S) groups is 1. The average molecular weight is 292 g/mol. The molecule has 0 unspecified atom stereocenters. The van der Waals surface area contributed by atoms with E-state index in [9.17, 15) is 0 Å². The summed E-state index contributed by atoms with van der Waals surface area (Å²) in [6.07, 6.45) is 0. The second kappa shape index (κ2) is 5.59. The van der Waals surface area contributed by atoms with Crippen molar-refractivity contribution in [2.24, 2.45) is 5.73 Å². The SMILES string of the molecule is Cc1cc(C)cc(Oc2ccc(Cl)cc2C(N)=S)c1. The van der Waals surface area contributed by atoms with Gasteiger partial charge >= 0.3 is 0 Å². The molecule has 0 saturated carbocycles. The maximum Gasteiger partial charge on any atom is 0.137 e. The molecule has 0 heterocycles. The van der Waals surface area contributed by atoms with E-state index >= 15 is 0 Å². The van der Waals surface area contributed by atoms with Crippen LogP contribution in [-0.4, -0.2) is 4.99 Å². The minimum Gasteiger partial charge on any atom is -0.457 e. The first-order valence-corrected chi connectivity index (χ1v) is 6.60. The van der Waals surface area contributed by atoms with Gasteiger partial charge in [0, 0.05) is 5.02 Å². The van der Waals surface area contributed by atoms with E-state index in [0.29, 0.717) is 16.3 Å². The van der Waals surface area contributed by atoms with Crippen molar-refractivity contribution in [3.63, 3.8) is 0 Å². The summed E-state index contributed by atoms with van der Waals surface area (Å²) < 4.78 is 5.86. The monoisotopic (exact) mass is 291 g/mol. The summed E-state index contributed by atoms with van der Waals surface area (Å²) in [4.78, 5) is 0.266. The lowest BCUT2D eigenvalue weighted by atomic mass is 10.1. The van der Waals surface area contributed by atoms with Gasteiger partial charge in [0.05, 0.1) is 5.56 Å². The van der Waals surface area contributed by atoms with Gasteiger partial charge in [0.25, 0.3) is 0 Å². The number of hydrogen-bond acceptors (Lipinski definition) is 2. The summed E-state index contributed by atoms with van der Waals surface area (Å²) in [6.45, 7) is 4.05. The van der Waals surface area contributed by atoms with E-state index in [4.69, 9.17) is 34.3 Å². The standard InChI is InChI=1S/C15H14ClNOS/c1-9-5-10(2)7-12(6-9)18-14-4-3-11(16)8-13(14)15(17)19/h3-8H,1-2H3,(H2,17,19). The maximum atomic E-state index is 5.94. The van der Waals surface area contributed by atoms with Crippen molar-refractivity contribution in [1.82, 2.24) is 0 Å². The van der Waals surface area contributed by atoms with E-state index in [1.54, 1.807) is 18.2 Å². The molecule has 2 nitrogen and oxygen atoms in total. The number of halogens is 1. The molecule has 0 atom stereocenters. The number of ether oxygens (including phenoxy) is 1. The highest BCUT2D eigenvalue weighted by atomic mass is 35.5. The van der Waals surface area contributed by atoms with Gasteiger partial charge in [-0.2, -0.15) is 0 Å². The summed E-state index contributed by atoms with van der Waals surface area (Å²) in [6, 6.07) is 11.2. The molecule has 19 heavy (non-hydrogen) atoms. The molecule has 2 rings (SSSR count). The van der Waals surface area contributed by atoms with Crippen LogP contribution in [-0.2, 0) is 0 Å². The van der Waals surface area contributed by atoms with E-state index < -0.39 is 0 Å². The Kier molecular flexibility index (Phi) is 4.08. The maximum absolute atomic E-state index is 5.94. The molecule has 0 bridgehead atoms. The minimum absolute atomic E-state index is 0.266. The van der Waals surface area contributed by atoms with Crippen LogP contribution in [0.4, 0.5) is 0 Å². The zero-order chi connectivity index (χ0) is 14.0. The van der Waals surface area contributed by atoms with E-state index in [0.717, 1.165) is 16.9 Å². The van der Waals surface area contributed by atoms with Gasteiger partial charge in [-0.15, -0.1) is 0 Å². The van der Waals surface area contributed by atoms with Gasteiger partial charge in [-0.1, -0.05) is 29.9 Å². The molecule has 0 aliphatic heterocycles. The molecule has 2 aromatic carbocycles. The Morgan fingerprint density at radius 2 is 1.74 bits per heavy atom. The highest BCUT2D eigenvalue weighted by molar-refractivity contribution is 7.80. The molecule has 0 saturated heterocycles. The van der Waals surface area contributed by atoms with Crippen LogP contribution in [0.25, 0.3) is 0 Å². The Morgan fingerprint density at radius 3 is 2.32 bits per heavy atom. The molecule has 0 spiro atoms. The number of aryl methyl sites for hydroxylation is 2. The first-order valence-electron chi connectivity index (χ1n) is 5.81. The summed E-state index contributed by atoms with van der Waals surface area (Å²) in [7, 11) is 0. The van der Waals surface area contributed by atoms with Gasteiger partial charge in [0.1, 0.15) is 16.5 Å². The van der Waals surface area contributed by atoms with Gasteiger partial charge in [-0.05, 0) is 55.3 Å². The molecule has 0 aromatic heterocycles. The second-order valence-electron chi connectivity index (χ2n) is 4.43. The third kappa shape index (κ3) is 3.46. The molecule has 0 aliphatic rings. The lowest BCUT2D eigenvalue weighted by Crippen LogP contribution is -2.10. The molecule has 2 N–H and O–H groups in total. The van der Waals surface area contributed by atoms with Crippen LogP contribution < -0.4 is 10.5 Å². The number of hydrogen-bond donors (Lipinski definition) is 1. The first-order chi connectivity index (χ1) is 8.95. The number of benzene rings is 2. The lowest BCUT2D eigenvalue weighted by molar-refractivity contribution is 0.481. The Hall–Kier alpha value is -1.58. The summed E-state index contributed by atoms with van der Waals surface area (Å²) in [5.74, 6) is 1.37. The summed E-state index contributed by atoms with van der Waals surface area (Å²) >= 11 is 11.0. The largest absolute Gasteiger partial charge is 0.457 e. The number of nitrogens with two attached hydrogens (primary N) is 1. The predicted molar refractivity (Wildman–Crippen MR) is 83.3 cm³/mol. The third-order valence-corrected chi connectivity index (χ3v) is 3.09. The molecule has 98 valence electrons. The summed E-state index contributed by atoms with van der Waals surface area (Å²) in [5.41, 5.74) is 8.61. The number of rotatable bonds is 3. The fourth-order valence-corrected chi connectivity index (χ4v) is 2.23. The van der Waals surface area contributed by atoms with E-state index in [2.05, 4.69) is 6.07 Å². The lowest BCUT2D eigenvalue weighted by Gasteiger charge is -2.12. The molecular formula is C15H14ClNOS. The van der Waals surface area contributed by atoms with Crippen molar-refractivity contribution in [2.45, 2.75) is 13.8 Å². The van der Waals surface area contributed by atoms with Gasteiger partial charge in [0.2, 0.25) is 0 Å². The van der Waals surface area contributed by atoms with Crippen LogP contribution in [0, 0.1) is 13.8 Å². The highest BCUT2D eigenvalue weighted by Crippen LogP contribution is 2.29. The topological polar surface area (TPSA) is 35.2 Å². The smallest absolute Gasteiger partial charge is 0.137 e. The Morgan fingerprint density at radius 1 is 1.11 bits per heavy atom. The van der Waals surface area contributed by atoms with Crippen LogP contribution in [0.5, 0.6) is 11.5 Å². The fraction of sp³-hybridized carbons (Fsp3) is 0.133. The van der Waals surface area contributed by atoms with Crippen molar-refractivity contribution in [3.05, 3.63) is 58.1 Å². The first kappa shape index (κ1) is 13.8. The molecule has 2 aromatic rings. The normalized spacial score (nSPS) is 10.3. The zero-order valence-electron chi connectivity index (χ0n) is 10.7. The average Bonchev–Trinajstić information content (AvgIpc) is 2.30. The Balaban J connectivity index is 2.40. The van der Waals surface area contributed by atoms with Gasteiger partial charge in [0.15, 0.2) is 0 Å². The van der Waals surface area contributed by atoms with Gasteiger partial charge < -0.3 is 10.5 Å². The fourth-order valence-electron chi connectivity index (χ4n) is 1.90. The van der Waals surface area contributed by atoms with Crippen molar-refractivity contribution >= 4 is 28.8 Å². The van der Waals surface area contributed by atoms with Crippen molar-refractivity contribution < 1.29 is 4.74 Å². The van der Waals surface area contributed by atoms with Gasteiger partial charge in [-0.3, -0.25) is 0 Å². The van der Waals surface area contributed by atoms with Crippen molar-refractivity contribution in [1.29, 1.82) is 0 Å². The van der Waals surface area contributed by atoms with Crippen molar-refractivity contribution in [3.8, 4) is 11.5 Å². The quantitative estimate of drug-likeness (QED) is 0.852. The summed E-state index contributed by atoms with van der Waals surface area (Å²) in [5, 5.41) is 0.579. The molecule has 0 fully saturated rings. The van der Waals surface area contributed by atoms with Crippen LogP contribution in [0.3, 0.4) is 0 Å². The molecule has 0 aliphatic carbocycles. The molecule has 0 radical (unpaired) electrons. The Bertz CT molecular complexity index is 620. The van der Waals surface area contributed by atoms with E-state index in [-0.39, 0.29) is 4.99 Å². The molecular weight excluding hydrogens is 278 g/mol. The molecule has 4 heteroatoms. The van der Waals surface area contributed by atoms with Crippen LogP contribution in [0.15, 0.2) is 36.4 Å². The van der Waals surface area contributed by atoms with Gasteiger partial charge in [-0.25, -0.2) is 0 Å². The minimum atomic E-state index is 0.266. The van der Waals surface area contributed by atoms with E-state index in [1.165, 1.54) is 0 Å². The predicted octanol–water partition coefficient (Wildman–Crippen LogP) is 4.38. The molecule has 0 amide bonds. The third-order valence-electron chi connectivity index (χ3n) is 2.63. The highest BCUT2D eigenvalue weighted by Gasteiger charge is 2.09. The second-order valence-corrected chi connectivity index (χ2v) is 5.31. The van der Waals surface area contributed by atoms with E-state index in [1.807, 2.05) is 26.0 Å². The van der Waals surface area contributed by atoms with Crippen LogP contribution in [0.2, 0.25) is 5.02 Å².